The Labute approximate surface area is 104 Å². The third-order valence-corrected chi connectivity index (χ3v) is 2.91. The van der Waals surface area contributed by atoms with Crippen LogP contribution in [-0.2, 0) is 5.75 Å². The highest BCUT2D eigenvalue weighted by atomic mass is 32.2. The van der Waals surface area contributed by atoms with E-state index in [4.69, 9.17) is 0 Å². The number of nitrogens with zero attached hydrogens (tertiary/aromatic N) is 1. The molecule has 1 aromatic heterocycles. The summed E-state index contributed by atoms with van der Waals surface area (Å²) in [6, 6.07) is 7.61. The molecule has 17 heavy (non-hydrogen) atoms. The number of anilines is 1. The van der Waals surface area contributed by atoms with Gasteiger partial charge in [-0.05, 0) is 24.0 Å². The maximum Gasteiger partial charge on any atom is 0.255 e. The Morgan fingerprint density at radius 1 is 1.41 bits per heavy atom. The van der Waals surface area contributed by atoms with Crippen LogP contribution in [0.1, 0.15) is 15.9 Å². The molecule has 1 heterocycles. The Bertz CT molecular complexity index is 479. The van der Waals surface area contributed by atoms with Gasteiger partial charge >= 0.3 is 0 Å². The van der Waals surface area contributed by atoms with Crippen LogP contribution in [0.15, 0.2) is 36.7 Å². The van der Waals surface area contributed by atoms with Crippen LogP contribution in [-0.4, -0.2) is 22.4 Å². The molecule has 1 aromatic carbocycles. The molecule has 5 heteroatoms. The second kappa shape index (κ2) is 5.54. The topological polar surface area (TPSA) is 57.8 Å². The zero-order chi connectivity index (χ0) is 12.1. The lowest BCUT2D eigenvalue weighted by atomic mass is 10.1. The molecule has 4 nitrogen and oxygen atoms in total. The zero-order valence-electron chi connectivity index (χ0n) is 9.43. The predicted molar refractivity (Wildman–Crippen MR) is 70.2 cm³/mol. The van der Waals surface area contributed by atoms with Crippen molar-refractivity contribution in [2.75, 3.05) is 11.6 Å². The van der Waals surface area contributed by atoms with Crippen molar-refractivity contribution in [3.8, 4) is 0 Å². The lowest BCUT2D eigenvalue weighted by Gasteiger charge is -2.03. The number of aromatic amines is 1. The van der Waals surface area contributed by atoms with Crippen molar-refractivity contribution in [3.63, 3.8) is 0 Å². The van der Waals surface area contributed by atoms with E-state index >= 15 is 0 Å². The quantitative estimate of drug-likeness (QED) is 0.872. The molecular weight excluding hydrogens is 234 g/mol. The molecule has 0 spiro atoms. The first-order valence-corrected chi connectivity index (χ1v) is 6.57. The van der Waals surface area contributed by atoms with Gasteiger partial charge in [0.1, 0.15) is 0 Å². The first-order valence-electron chi connectivity index (χ1n) is 5.17. The molecule has 1 amide bonds. The fourth-order valence-corrected chi connectivity index (χ4v) is 1.97. The second-order valence-corrected chi connectivity index (χ2v) is 4.44. The number of thioether (sulfide) groups is 1. The Kier molecular flexibility index (Phi) is 3.82. The van der Waals surface area contributed by atoms with Crippen molar-refractivity contribution in [1.82, 2.24) is 10.2 Å². The van der Waals surface area contributed by atoms with Gasteiger partial charge in [0, 0.05) is 17.5 Å². The van der Waals surface area contributed by atoms with E-state index in [-0.39, 0.29) is 5.91 Å². The Morgan fingerprint density at radius 3 is 2.76 bits per heavy atom. The predicted octanol–water partition coefficient (Wildman–Crippen LogP) is 2.53. The number of benzene rings is 1. The van der Waals surface area contributed by atoms with Crippen molar-refractivity contribution >= 4 is 23.4 Å². The molecule has 0 bridgehead atoms. The maximum absolute atomic E-state index is 11.8. The van der Waals surface area contributed by atoms with Crippen LogP contribution in [0, 0.1) is 0 Å². The third kappa shape index (κ3) is 3.10. The Hall–Kier alpha value is -1.75. The Morgan fingerprint density at radius 2 is 2.18 bits per heavy atom. The van der Waals surface area contributed by atoms with Crippen molar-refractivity contribution in [3.05, 3.63) is 47.8 Å². The highest BCUT2D eigenvalue weighted by Gasteiger charge is 2.06. The van der Waals surface area contributed by atoms with E-state index in [2.05, 4.69) is 21.8 Å². The molecule has 0 aliphatic carbocycles. The number of H-pyrrole nitrogens is 1. The SMILES string of the molecule is CSCc1ccc(C(=O)Nc2cn[nH]c2)cc1. The molecule has 2 rings (SSSR count). The molecule has 0 aliphatic heterocycles. The average Bonchev–Trinajstić information content (AvgIpc) is 2.83. The molecular formula is C12H13N3OS. The monoisotopic (exact) mass is 247 g/mol. The van der Waals surface area contributed by atoms with Crippen LogP contribution in [0.3, 0.4) is 0 Å². The van der Waals surface area contributed by atoms with Gasteiger partial charge in [0.05, 0.1) is 11.9 Å². The molecule has 0 radical (unpaired) electrons. The van der Waals surface area contributed by atoms with E-state index in [0.29, 0.717) is 11.3 Å². The minimum atomic E-state index is -0.123. The molecule has 0 saturated carbocycles. The van der Waals surface area contributed by atoms with E-state index < -0.39 is 0 Å². The Balaban J connectivity index is 2.04. The molecule has 0 unspecified atom stereocenters. The van der Waals surface area contributed by atoms with Gasteiger partial charge in [-0.15, -0.1) is 0 Å². The van der Waals surface area contributed by atoms with Crippen molar-refractivity contribution in [2.45, 2.75) is 5.75 Å². The minimum absolute atomic E-state index is 0.123. The summed E-state index contributed by atoms with van der Waals surface area (Å²) >= 11 is 1.76. The average molecular weight is 247 g/mol. The van der Waals surface area contributed by atoms with Gasteiger partial charge in [-0.2, -0.15) is 16.9 Å². The first-order chi connectivity index (χ1) is 8.29. The summed E-state index contributed by atoms with van der Waals surface area (Å²) in [7, 11) is 0. The summed E-state index contributed by atoms with van der Waals surface area (Å²) in [5.74, 6) is 0.839. The van der Waals surface area contributed by atoms with Crippen LogP contribution in [0.4, 0.5) is 5.69 Å². The molecule has 2 N–H and O–H groups in total. The number of aromatic nitrogens is 2. The molecule has 2 aromatic rings. The number of rotatable bonds is 4. The number of carbonyl (C=O) groups is 1. The highest BCUT2D eigenvalue weighted by Crippen LogP contribution is 2.12. The summed E-state index contributed by atoms with van der Waals surface area (Å²) in [5.41, 5.74) is 2.54. The molecule has 88 valence electrons. The van der Waals surface area contributed by atoms with E-state index in [1.165, 1.54) is 5.56 Å². The standard InChI is InChI=1S/C12H13N3OS/c1-17-8-9-2-4-10(5-3-9)12(16)15-11-6-13-14-7-11/h2-7H,8H2,1H3,(H,13,14)(H,15,16). The summed E-state index contributed by atoms with van der Waals surface area (Å²) < 4.78 is 0. The second-order valence-electron chi connectivity index (χ2n) is 3.57. The van der Waals surface area contributed by atoms with Crippen LogP contribution in [0.2, 0.25) is 0 Å². The van der Waals surface area contributed by atoms with Crippen LogP contribution >= 0.6 is 11.8 Å². The molecule has 0 aliphatic rings. The number of hydrogen-bond donors (Lipinski definition) is 2. The van der Waals surface area contributed by atoms with Gasteiger partial charge in [0.15, 0.2) is 0 Å². The largest absolute Gasteiger partial charge is 0.319 e. The molecule has 0 saturated heterocycles. The van der Waals surface area contributed by atoms with Crippen LogP contribution in [0.5, 0.6) is 0 Å². The lowest BCUT2D eigenvalue weighted by Crippen LogP contribution is -2.11. The van der Waals surface area contributed by atoms with Crippen LogP contribution in [0.25, 0.3) is 0 Å². The van der Waals surface area contributed by atoms with Crippen LogP contribution < -0.4 is 5.32 Å². The van der Waals surface area contributed by atoms with Crippen molar-refractivity contribution < 1.29 is 4.79 Å². The number of hydrogen-bond acceptors (Lipinski definition) is 3. The third-order valence-electron chi connectivity index (χ3n) is 2.28. The summed E-state index contributed by atoms with van der Waals surface area (Å²) in [6.45, 7) is 0. The maximum atomic E-state index is 11.8. The molecule has 0 atom stereocenters. The van der Waals surface area contributed by atoms with Crippen molar-refractivity contribution in [1.29, 1.82) is 0 Å². The lowest BCUT2D eigenvalue weighted by molar-refractivity contribution is 0.102. The number of amides is 1. The summed E-state index contributed by atoms with van der Waals surface area (Å²) in [4.78, 5) is 11.8. The molecule has 0 fully saturated rings. The van der Waals surface area contributed by atoms with Crippen molar-refractivity contribution in [2.24, 2.45) is 0 Å². The summed E-state index contributed by atoms with van der Waals surface area (Å²) in [5, 5.41) is 9.16. The fraction of sp³-hybridized carbons (Fsp3) is 0.167. The van der Waals surface area contributed by atoms with Gasteiger partial charge in [-0.1, -0.05) is 12.1 Å². The van der Waals surface area contributed by atoms with Gasteiger partial charge < -0.3 is 5.32 Å². The van der Waals surface area contributed by atoms with E-state index in [9.17, 15) is 4.79 Å². The van der Waals surface area contributed by atoms with Gasteiger partial charge in [0.25, 0.3) is 5.91 Å². The minimum Gasteiger partial charge on any atom is -0.319 e. The first kappa shape index (κ1) is 11.7. The van der Waals surface area contributed by atoms with E-state index in [1.807, 2.05) is 24.3 Å². The number of carbonyl (C=O) groups excluding carboxylic acids is 1. The highest BCUT2D eigenvalue weighted by molar-refractivity contribution is 7.97. The van der Waals surface area contributed by atoms with Gasteiger partial charge in [-0.3, -0.25) is 9.89 Å². The van der Waals surface area contributed by atoms with Gasteiger partial charge in [-0.25, -0.2) is 0 Å². The number of nitrogens with one attached hydrogen (secondary N) is 2. The summed E-state index contributed by atoms with van der Waals surface area (Å²) in [6.07, 6.45) is 5.26. The zero-order valence-corrected chi connectivity index (χ0v) is 10.3. The normalized spacial score (nSPS) is 10.2. The smallest absolute Gasteiger partial charge is 0.255 e. The van der Waals surface area contributed by atoms with E-state index in [1.54, 1.807) is 24.2 Å². The van der Waals surface area contributed by atoms with E-state index in [0.717, 1.165) is 5.75 Å². The van der Waals surface area contributed by atoms with Gasteiger partial charge in [0.2, 0.25) is 0 Å². The fourth-order valence-electron chi connectivity index (χ4n) is 1.44.